The molecule has 8 heteroatoms. The molecule has 0 amide bonds. The first kappa shape index (κ1) is 20.0. The molecule has 8 nitrogen and oxygen atoms in total. The van der Waals surface area contributed by atoms with Crippen molar-refractivity contribution in [1.82, 2.24) is 25.3 Å². The number of hydrogen-bond donors (Lipinski definition) is 3. The second-order valence-electron chi connectivity index (χ2n) is 7.26. The number of hydrogen-bond acceptors (Lipinski definition) is 8. The molecule has 4 rings (SSSR count). The van der Waals surface area contributed by atoms with E-state index in [1.807, 2.05) is 18.3 Å². The maximum atomic E-state index is 4.84. The zero-order valence-electron chi connectivity index (χ0n) is 17.3. The normalized spacial score (nSPS) is 13.8. The lowest BCUT2D eigenvalue weighted by molar-refractivity contribution is 0.585. The molecule has 1 aliphatic heterocycles. The number of aromatic nitrogens is 4. The van der Waals surface area contributed by atoms with Gasteiger partial charge >= 0.3 is 0 Å². The van der Waals surface area contributed by atoms with Gasteiger partial charge in [-0.15, -0.1) is 0 Å². The standard InChI is InChI=1S/C22H28N8/c1-2-3-5-25-18-14-19(28-20(15-18)29-21-16-24-7-8-26-21)17-4-6-27-22(13-17)30-11-9-23-10-12-30/h4,6-8,13-16,23H,2-3,5,9-12H2,1H3,(H2,25,26,28,29). The summed E-state index contributed by atoms with van der Waals surface area (Å²) in [5.74, 6) is 2.38. The van der Waals surface area contributed by atoms with Gasteiger partial charge < -0.3 is 20.9 Å². The van der Waals surface area contributed by atoms with Crippen molar-refractivity contribution >= 4 is 23.1 Å². The number of piperazine rings is 1. The van der Waals surface area contributed by atoms with E-state index < -0.39 is 0 Å². The van der Waals surface area contributed by atoms with E-state index >= 15 is 0 Å². The number of anilines is 4. The highest BCUT2D eigenvalue weighted by molar-refractivity contribution is 5.71. The second-order valence-corrected chi connectivity index (χ2v) is 7.26. The van der Waals surface area contributed by atoms with Crippen LogP contribution in [0, 0.1) is 0 Å². The molecule has 3 aromatic heterocycles. The maximum Gasteiger partial charge on any atom is 0.150 e. The summed E-state index contributed by atoms with van der Waals surface area (Å²) in [6.07, 6.45) is 9.13. The number of nitrogens with one attached hydrogen (secondary N) is 3. The van der Waals surface area contributed by atoms with Crippen LogP contribution < -0.4 is 20.9 Å². The largest absolute Gasteiger partial charge is 0.385 e. The third kappa shape index (κ3) is 5.21. The summed E-state index contributed by atoms with van der Waals surface area (Å²) in [6, 6.07) is 8.23. The van der Waals surface area contributed by atoms with E-state index in [1.54, 1.807) is 18.6 Å². The maximum absolute atomic E-state index is 4.84. The van der Waals surface area contributed by atoms with Crippen LogP contribution in [0.2, 0.25) is 0 Å². The Morgan fingerprint density at radius 3 is 2.73 bits per heavy atom. The molecule has 0 radical (unpaired) electrons. The molecule has 1 aliphatic rings. The molecule has 0 saturated carbocycles. The summed E-state index contributed by atoms with van der Waals surface area (Å²) in [5.41, 5.74) is 2.96. The molecular formula is C22H28N8. The molecule has 1 fully saturated rings. The number of rotatable bonds is 8. The predicted molar refractivity (Wildman–Crippen MR) is 121 cm³/mol. The number of unbranched alkanes of at least 4 members (excludes halogenated alkanes) is 1. The van der Waals surface area contributed by atoms with Gasteiger partial charge in [-0.3, -0.25) is 4.98 Å². The van der Waals surface area contributed by atoms with Crippen LogP contribution in [0.3, 0.4) is 0 Å². The summed E-state index contributed by atoms with van der Waals surface area (Å²) in [4.78, 5) is 20.1. The fraction of sp³-hybridized carbons (Fsp3) is 0.364. The molecule has 3 aromatic rings. The van der Waals surface area contributed by atoms with E-state index in [-0.39, 0.29) is 0 Å². The fourth-order valence-corrected chi connectivity index (χ4v) is 3.39. The van der Waals surface area contributed by atoms with E-state index in [4.69, 9.17) is 4.98 Å². The summed E-state index contributed by atoms with van der Waals surface area (Å²) in [6.45, 7) is 6.99. The Kier molecular flexibility index (Phi) is 6.66. The van der Waals surface area contributed by atoms with E-state index in [0.29, 0.717) is 5.82 Å². The first-order valence-electron chi connectivity index (χ1n) is 10.5. The highest BCUT2D eigenvalue weighted by atomic mass is 15.2. The van der Waals surface area contributed by atoms with E-state index in [1.165, 1.54) is 0 Å². The first-order valence-corrected chi connectivity index (χ1v) is 10.5. The van der Waals surface area contributed by atoms with Crippen molar-refractivity contribution in [3.63, 3.8) is 0 Å². The summed E-state index contributed by atoms with van der Waals surface area (Å²) < 4.78 is 0. The third-order valence-electron chi connectivity index (χ3n) is 4.99. The lowest BCUT2D eigenvalue weighted by atomic mass is 10.1. The van der Waals surface area contributed by atoms with Gasteiger partial charge in [0.25, 0.3) is 0 Å². The highest BCUT2D eigenvalue weighted by Gasteiger charge is 2.13. The Bertz CT molecular complexity index is 941. The van der Waals surface area contributed by atoms with Crippen molar-refractivity contribution in [3.8, 4) is 11.3 Å². The summed E-state index contributed by atoms with van der Waals surface area (Å²) in [5, 5.41) is 10.2. The molecule has 1 saturated heterocycles. The van der Waals surface area contributed by atoms with Gasteiger partial charge in [0.15, 0.2) is 0 Å². The number of pyridine rings is 2. The van der Waals surface area contributed by atoms with Gasteiger partial charge in [0.2, 0.25) is 0 Å². The van der Waals surface area contributed by atoms with E-state index in [2.05, 4.69) is 54.9 Å². The van der Waals surface area contributed by atoms with Crippen LogP contribution in [-0.2, 0) is 0 Å². The zero-order chi connectivity index (χ0) is 20.6. The van der Waals surface area contributed by atoms with Gasteiger partial charge in [0, 0.05) is 68.6 Å². The molecule has 0 unspecified atom stereocenters. The van der Waals surface area contributed by atoms with Crippen molar-refractivity contribution in [2.45, 2.75) is 19.8 Å². The van der Waals surface area contributed by atoms with Crippen LogP contribution in [0.15, 0.2) is 49.1 Å². The minimum absolute atomic E-state index is 0.665. The lowest BCUT2D eigenvalue weighted by Crippen LogP contribution is -2.43. The number of nitrogens with zero attached hydrogens (tertiary/aromatic N) is 5. The fourth-order valence-electron chi connectivity index (χ4n) is 3.39. The van der Waals surface area contributed by atoms with Gasteiger partial charge in [-0.2, -0.15) is 0 Å². The van der Waals surface area contributed by atoms with Crippen molar-refractivity contribution in [1.29, 1.82) is 0 Å². The van der Waals surface area contributed by atoms with Gasteiger partial charge in [-0.1, -0.05) is 13.3 Å². The Balaban J connectivity index is 1.63. The Morgan fingerprint density at radius 2 is 1.93 bits per heavy atom. The van der Waals surface area contributed by atoms with Gasteiger partial charge in [0.1, 0.15) is 17.5 Å². The predicted octanol–water partition coefficient (Wildman–Crippen LogP) is 3.30. The monoisotopic (exact) mass is 404 g/mol. The molecule has 3 N–H and O–H groups in total. The molecule has 0 spiro atoms. The average molecular weight is 405 g/mol. The Morgan fingerprint density at radius 1 is 1.03 bits per heavy atom. The van der Waals surface area contributed by atoms with Crippen LogP contribution >= 0.6 is 0 Å². The lowest BCUT2D eigenvalue weighted by Gasteiger charge is -2.28. The van der Waals surface area contributed by atoms with Crippen LogP contribution in [0.25, 0.3) is 11.3 Å². The molecule has 4 heterocycles. The van der Waals surface area contributed by atoms with Gasteiger partial charge in [-0.25, -0.2) is 15.0 Å². The van der Waals surface area contributed by atoms with E-state index in [0.717, 1.165) is 74.1 Å². The highest BCUT2D eigenvalue weighted by Crippen LogP contribution is 2.27. The minimum atomic E-state index is 0.665. The van der Waals surface area contributed by atoms with Crippen molar-refractivity contribution in [2.24, 2.45) is 0 Å². The van der Waals surface area contributed by atoms with Crippen LogP contribution in [-0.4, -0.2) is 52.7 Å². The van der Waals surface area contributed by atoms with E-state index in [9.17, 15) is 0 Å². The molecule has 156 valence electrons. The van der Waals surface area contributed by atoms with Crippen molar-refractivity contribution < 1.29 is 0 Å². The smallest absolute Gasteiger partial charge is 0.150 e. The molecular weight excluding hydrogens is 376 g/mol. The molecule has 0 aromatic carbocycles. The van der Waals surface area contributed by atoms with Crippen molar-refractivity contribution in [3.05, 3.63) is 49.1 Å². The minimum Gasteiger partial charge on any atom is -0.385 e. The zero-order valence-corrected chi connectivity index (χ0v) is 17.3. The third-order valence-corrected chi connectivity index (χ3v) is 4.99. The second kappa shape index (κ2) is 9.98. The summed E-state index contributed by atoms with van der Waals surface area (Å²) in [7, 11) is 0. The van der Waals surface area contributed by atoms with Crippen LogP contribution in [0.4, 0.5) is 23.1 Å². The average Bonchev–Trinajstić information content (AvgIpc) is 2.80. The quantitative estimate of drug-likeness (QED) is 0.493. The first-order chi connectivity index (χ1) is 14.8. The topological polar surface area (TPSA) is 90.9 Å². The molecule has 0 atom stereocenters. The summed E-state index contributed by atoms with van der Waals surface area (Å²) >= 11 is 0. The van der Waals surface area contributed by atoms with Gasteiger partial charge in [-0.05, 0) is 24.6 Å². The molecule has 30 heavy (non-hydrogen) atoms. The molecule has 0 aliphatic carbocycles. The van der Waals surface area contributed by atoms with Crippen LogP contribution in [0.5, 0.6) is 0 Å². The van der Waals surface area contributed by atoms with Crippen molar-refractivity contribution in [2.75, 3.05) is 48.3 Å². The van der Waals surface area contributed by atoms with Crippen LogP contribution in [0.1, 0.15) is 19.8 Å². The SMILES string of the molecule is CCCCNc1cc(Nc2cnccn2)nc(-c2ccnc(N3CCNCC3)c2)c1. The Hall–Kier alpha value is -3.26. The van der Waals surface area contributed by atoms with Gasteiger partial charge in [0.05, 0.1) is 11.9 Å². The Labute approximate surface area is 177 Å². The molecule has 0 bridgehead atoms.